The number of aromatic nitrogens is 2. The number of halogens is 1. The van der Waals surface area contributed by atoms with E-state index in [2.05, 4.69) is 23.5 Å². The highest BCUT2D eigenvalue weighted by Gasteiger charge is 2.05. The van der Waals surface area contributed by atoms with Gasteiger partial charge in [-0.05, 0) is 49.6 Å². The maximum absolute atomic E-state index is 13.0. The topological polar surface area (TPSA) is 29.9 Å². The van der Waals surface area contributed by atoms with Crippen LogP contribution in [0.2, 0.25) is 0 Å². The molecule has 1 heterocycles. The van der Waals surface area contributed by atoms with Crippen molar-refractivity contribution < 1.29 is 4.39 Å². The first-order valence-electron chi connectivity index (χ1n) is 7.07. The summed E-state index contributed by atoms with van der Waals surface area (Å²) in [5.74, 6) is -0.165. The monoisotopic (exact) mass is 275 g/mol. The number of benzene rings is 1. The van der Waals surface area contributed by atoms with Gasteiger partial charge in [0.1, 0.15) is 5.82 Å². The van der Waals surface area contributed by atoms with Gasteiger partial charge < -0.3 is 5.32 Å². The number of nitrogens with one attached hydrogen (secondary N) is 1. The van der Waals surface area contributed by atoms with Crippen LogP contribution in [-0.2, 0) is 26.4 Å². The third-order valence-electron chi connectivity index (χ3n) is 3.52. The van der Waals surface area contributed by atoms with Gasteiger partial charge in [-0.25, -0.2) is 4.39 Å². The summed E-state index contributed by atoms with van der Waals surface area (Å²) in [5.41, 5.74) is 4.62. The first-order valence-corrected chi connectivity index (χ1v) is 7.07. The van der Waals surface area contributed by atoms with Gasteiger partial charge in [-0.2, -0.15) is 5.10 Å². The molecule has 0 atom stereocenters. The molecule has 1 aromatic carbocycles. The van der Waals surface area contributed by atoms with E-state index < -0.39 is 0 Å². The summed E-state index contributed by atoms with van der Waals surface area (Å²) in [7, 11) is 1.95. The lowest BCUT2D eigenvalue weighted by molar-refractivity contribution is 0.624. The van der Waals surface area contributed by atoms with E-state index in [0.717, 1.165) is 37.2 Å². The van der Waals surface area contributed by atoms with Gasteiger partial charge in [-0.15, -0.1) is 0 Å². The summed E-state index contributed by atoms with van der Waals surface area (Å²) in [4.78, 5) is 0. The molecule has 0 amide bonds. The van der Waals surface area contributed by atoms with Gasteiger partial charge in [0.2, 0.25) is 0 Å². The molecule has 108 valence electrons. The van der Waals surface area contributed by atoms with E-state index in [1.165, 1.54) is 17.2 Å². The summed E-state index contributed by atoms with van der Waals surface area (Å²) < 4.78 is 14.9. The van der Waals surface area contributed by atoms with Gasteiger partial charge >= 0.3 is 0 Å². The minimum absolute atomic E-state index is 0.165. The van der Waals surface area contributed by atoms with E-state index in [0.29, 0.717) is 0 Å². The fourth-order valence-corrected chi connectivity index (χ4v) is 2.41. The van der Waals surface area contributed by atoms with Crippen molar-refractivity contribution in [1.29, 1.82) is 0 Å². The summed E-state index contributed by atoms with van der Waals surface area (Å²) in [6.07, 6.45) is 3.93. The highest BCUT2D eigenvalue weighted by Crippen LogP contribution is 2.11. The lowest BCUT2D eigenvalue weighted by Crippen LogP contribution is -2.17. The zero-order valence-electron chi connectivity index (χ0n) is 12.4. The summed E-state index contributed by atoms with van der Waals surface area (Å²) in [5, 5.41) is 7.86. The Morgan fingerprint density at radius 3 is 2.80 bits per heavy atom. The Bertz CT molecular complexity index is 575. The van der Waals surface area contributed by atoms with Crippen LogP contribution < -0.4 is 5.32 Å². The number of rotatable bonds is 6. The predicted octanol–water partition coefficient (Wildman–Crippen LogP) is 2.76. The molecule has 0 spiro atoms. The van der Waals surface area contributed by atoms with Crippen molar-refractivity contribution in [2.75, 3.05) is 6.54 Å². The van der Waals surface area contributed by atoms with Gasteiger partial charge in [0.15, 0.2) is 0 Å². The number of hydrogen-bond donors (Lipinski definition) is 1. The van der Waals surface area contributed by atoms with Crippen LogP contribution in [0.25, 0.3) is 0 Å². The van der Waals surface area contributed by atoms with Gasteiger partial charge in [0, 0.05) is 25.4 Å². The Kier molecular flexibility index (Phi) is 4.90. The van der Waals surface area contributed by atoms with Crippen molar-refractivity contribution in [3.05, 3.63) is 52.6 Å². The molecule has 4 heteroatoms. The Morgan fingerprint density at radius 2 is 2.10 bits per heavy atom. The Labute approximate surface area is 119 Å². The van der Waals surface area contributed by atoms with E-state index in [1.54, 1.807) is 6.07 Å². The molecule has 0 saturated carbocycles. The fraction of sp³-hybridized carbons (Fsp3) is 0.438. The van der Waals surface area contributed by atoms with E-state index in [9.17, 15) is 4.39 Å². The molecule has 2 rings (SSSR count). The number of aryl methyl sites for hydroxylation is 3. The first kappa shape index (κ1) is 14.7. The maximum Gasteiger partial charge on any atom is 0.123 e. The summed E-state index contributed by atoms with van der Waals surface area (Å²) >= 11 is 0. The third kappa shape index (κ3) is 3.67. The largest absolute Gasteiger partial charge is 0.312 e. The van der Waals surface area contributed by atoms with Gasteiger partial charge in [-0.3, -0.25) is 4.68 Å². The second-order valence-corrected chi connectivity index (χ2v) is 5.13. The molecule has 0 aliphatic carbocycles. The Balaban J connectivity index is 1.84. The molecule has 2 aromatic rings. The minimum Gasteiger partial charge on any atom is -0.312 e. The molecule has 0 radical (unpaired) electrons. The van der Waals surface area contributed by atoms with Crippen LogP contribution in [-0.4, -0.2) is 16.3 Å². The summed E-state index contributed by atoms with van der Waals surface area (Å²) in [6.45, 7) is 5.78. The lowest BCUT2D eigenvalue weighted by Gasteiger charge is -2.07. The van der Waals surface area contributed by atoms with Gasteiger partial charge in [-0.1, -0.05) is 13.0 Å². The highest BCUT2D eigenvalue weighted by atomic mass is 19.1. The smallest absolute Gasteiger partial charge is 0.123 e. The zero-order chi connectivity index (χ0) is 14.5. The average molecular weight is 275 g/mol. The molecular weight excluding hydrogens is 253 g/mol. The quantitative estimate of drug-likeness (QED) is 0.822. The average Bonchev–Trinajstić information content (AvgIpc) is 2.77. The SMILES string of the molecule is CCc1nn(C)cc1CNCCc1ccc(F)cc1C. The normalized spacial score (nSPS) is 11.0. The molecular formula is C16H22FN3. The van der Waals surface area contributed by atoms with Crippen molar-refractivity contribution in [2.45, 2.75) is 33.2 Å². The van der Waals surface area contributed by atoms with Crippen molar-refractivity contribution >= 4 is 0 Å². The lowest BCUT2D eigenvalue weighted by atomic mass is 10.1. The van der Waals surface area contributed by atoms with Crippen molar-refractivity contribution in [3.8, 4) is 0 Å². The van der Waals surface area contributed by atoms with E-state index >= 15 is 0 Å². The van der Waals surface area contributed by atoms with E-state index in [-0.39, 0.29) is 5.82 Å². The zero-order valence-corrected chi connectivity index (χ0v) is 12.4. The number of nitrogens with zero attached hydrogens (tertiary/aromatic N) is 2. The highest BCUT2D eigenvalue weighted by molar-refractivity contribution is 5.26. The third-order valence-corrected chi connectivity index (χ3v) is 3.52. The van der Waals surface area contributed by atoms with Gasteiger partial charge in [0.25, 0.3) is 0 Å². The Hall–Kier alpha value is -1.68. The number of hydrogen-bond acceptors (Lipinski definition) is 2. The van der Waals surface area contributed by atoms with Crippen LogP contribution in [0.4, 0.5) is 4.39 Å². The molecule has 3 nitrogen and oxygen atoms in total. The van der Waals surface area contributed by atoms with E-state index in [1.807, 2.05) is 24.7 Å². The van der Waals surface area contributed by atoms with Crippen LogP contribution in [0.15, 0.2) is 24.4 Å². The van der Waals surface area contributed by atoms with Crippen molar-refractivity contribution in [1.82, 2.24) is 15.1 Å². The standard InChI is InChI=1S/C16H22FN3/c1-4-16-14(11-20(3)19-16)10-18-8-7-13-5-6-15(17)9-12(13)2/h5-6,9,11,18H,4,7-8,10H2,1-3H3. The van der Waals surface area contributed by atoms with Crippen LogP contribution in [0.5, 0.6) is 0 Å². The molecule has 20 heavy (non-hydrogen) atoms. The molecule has 1 aromatic heterocycles. The van der Waals surface area contributed by atoms with Crippen LogP contribution in [0.3, 0.4) is 0 Å². The second-order valence-electron chi connectivity index (χ2n) is 5.13. The predicted molar refractivity (Wildman–Crippen MR) is 79.1 cm³/mol. The minimum atomic E-state index is -0.165. The van der Waals surface area contributed by atoms with Crippen molar-refractivity contribution in [2.24, 2.45) is 7.05 Å². The molecule has 0 unspecified atom stereocenters. The van der Waals surface area contributed by atoms with E-state index in [4.69, 9.17) is 0 Å². The molecule has 0 saturated heterocycles. The molecule has 0 fully saturated rings. The molecule has 1 N–H and O–H groups in total. The molecule has 0 aliphatic heterocycles. The maximum atomic E-state index is 13.0. The first-order chi connectivity index (χ1) is 9.60. The van der Waals surface area contributed by atoms with Crippen molar-refractivity contribution in [3.63, 3.8) is 0 Å². The molecule has 0 bridgehead atoms. The fourth-order valence-electron chi connectivity index (χ4n) is 2.41. The summed E-state index contributed by atoms with van der Waals surface area (Å²) in [6, 6.07) is 4.98. The van der Waals surface area contributed by atoms with Crippen LogP contribution >= 0.6 is 0 Å². The molecule has 0 aliphatic rings. The second kappa shape index (κ2) is 6.66. The van der Waals surface area contributed by atoms with Crippen LogP contribution in [0, 0.1) is 12.7 Å². The Morgan fingerprint density at radius 1 is 1.30 bits per heavy atom. The van der Waals surface area contributed by atoms with Gasteiger partial charge in [0.05, 0.1) is 5.69 Å². The van der Waals surface area contributed by atoms with Crippen LogP contribution in [0.1, 0.15) is 29.3 Å².